The maximum atomic E-state index is 12.9. The number of carbonyl (C=O) groups is 1. The predicted molar refractivity (Wildman–Crippen MR) is 74.8 cm³/mol. The minimum absolute atomic E-state index is 0.0964. The number of aliphatic hydroxyl groups is 1. The lowest BCUT2D eigenvalue weighted by Gasteiger charge is -2.55. The molecule has 0 radical (unpaired) electrons. The number of hydrogen-bond donors (Lipinski definition) is 2. The van der Waals surface area contributed by atoms with Crippen molar-refractivity contribution in [3.05, 3.63) is 0 Å². The minimum atomic E-state index is -1.15. The summed E-state index contributed by atoms with van der Waals surface area (Å²) < 4.78 is 12.9. The van der Waals surface area contributed by atoms with Crippen LogP contribution < -0.4 is 5.32 Å². The molecule has 0 saturated heterocycles. The Kier molecular flexibility index (Phi) is 4.02. The van der Waals surface area contributed by atoms with Gasteiger partial charge >= 0.3 is 0 Å². The first-order valence-electron chi connectivity index (χ1n) is 8.14. The van der Waals surface area contributed by atoms with Crippen molar-refractivity contribution < 1.29 is 14.3 Å². The fraction of sp³-hybridized carbons (Fsp3) is 0.938. The van der Waals surface area contributed by atoms with E-state index in [4.69, 9.17) is 5.11 Å². The number of rotatable bonds is 6. The highest BCUT2D eigenvalue weighted by Gasteiger charge is 2.54. The van der Waals surface area contributed by atoms with E-state index in [0.29, 0.717) is 19.4 Å². The molecule has 1 amide bonds. The van der Waals surface area contributed by atoms with Gasteiger partial charge in [-0.2, -0.15) is 0 Å². The summed E-state index contributed by atoms with van der Waals surface area (Å²) in [6.45, 7) is 0.129. The Morgan fingerprint density at radius 3 is 2.25 bits per heavy atom. The number of nitrogens with one attached hydrogen (secondary N) is 1. The smallest absolute Gasteiger partial charge is 0.226 e. The number of amides is 1. The number of alkyl halides is 1. The lowest BCUT2D eigenvalue weighted by molar-refractivity contribution is -0.146. The van der Waals surface area contributed by atoms with Crippen LogP contribution in [0, 0.1) is 23.2 Å². The molecule has 0 heterocycles. The van der Waals surface area contributed by atoms with Crippen molar-refractivity contribution in [2.75, 3.05) is 13.2 Å². The van der Waals surface area contributed by atoms with Crippen molar-refractivity contribution in [2.24, 2.45) is 23.2 Å². The fourth-order valence-electron chi connectivity index (χ4n) is 5.19. The lowest BCUT2D eigenvalue weighted by Crippen LogP contribution is -2.53. The molecule has 0 spiro atoms. The maximum Gasteiger partial charge on any atom is 0.226 e. The lowest BCUT2D eigenvalue weighted by atomic mass is 9.49. The summed E-state index contributed by atoms with van der Waals surface area (Å²) in [6, 6.07) is 0. The van der Waals surface area contributed by atoms with Gasteiger partial charge in [0.05, 0.1) is 6.61 Å². The average Bonchev–Trinajstić information content (AvgIpc) is 2.41. The third-order valence-corrected chi connectivity index (χ3v) is 5.70. The zero-order chi connectivity index (χ0) is 14.2. The first kappa shape index (κ1) is 14.3. The quantitative estimate of drug-likeness (QED) is 0.736. The topological polar surface area (TPSA) is 49.3 Å². The van der Waals surface area contributed by atoms with E-state index in [1.165, 1.54) is 19.3 Å². The van der Waals surface area contributed by atoms with Crippen LogP contribution in [0.15, 0.2) is 0 Å². The van der Waals surface area contributed by atoms with Crippen LogP contribution in [0.25, 0.3) is 0 Å². The highest BCUT2D eigenvalue weighted by atomic mass is 19.1. The molecule has 20 heavy (non-hydrogen) atoms. The molecule has 0 aromatic rings. The predicted octanol–water partition coefficient (Wildman–Crippen LogP) is 2.43. The molecule has 0 aromatic heterocycles. The molecule has 4 heteroatoms. The Morgan fingerprint density at radius 1 is 1.20 bits per heavy atom. The molecule has 4 fully saturated rings. The number of carbonyl (C=O) groups excluding carboxylic acids is 1. The van der Waals surface area contributed by atoms with Gasteiger partial charge in [0.1, 0.15) is 6.17 Å². The van der Waals surface area contributed by atoms with Crippen LogP contribution in [0.1, 0.15) is 51.4 Å². The molecule has 2 N–H and O–H groups in total. The largest absolute Gasteiger partial charge is 0.393 e. The van der Waals surface area contributed by atoms with Crippen molar-refractivity contribution >= 4 is 5.91 Å². The second kappa shape index (κ2) is 5.63. The van der Waals surface area contributed by atoms with Crippen LogP contribution in [0.3, 0.4) is 0 Å². The molecule has 1 atom stereocenters. The summed E-state index contributed by atoms with van der Waals surface area (Å²) in [4.78, 5) is 12.6. The zero-order valence-corrected chi connectivity index (χ0v) is 12.1. The molecular formula is C16H26FNO2. The summed E-state index contributed by atoms with van der Waals surface area (Å²) in [5.41, 5.74) is -0.0964. The van der Waals surface area contributed by atoms with E-state index < -0.39 is 12.8 Å². The van der Waals surface area contributed by atoms with E-state index in [1.807, 2.05) is 0 Å². The third kappa shape index (κ3) is 2.72. The van der Waals surface area contributed by atoms with Gasteiger partial charge in [-0.05, 0) is 69.1 Å². The van der Waals surface area contributed by atoms with Crippen LogP contribution in [-0.4, -0.2) is 30.3 Å². The van der Waals surface area contributed by atoms with Crippen molar-refractivity contribution in [2.45, 2.75) is 57.5 Å². The Hall–Kier alpha value is -0.640. The van der Waals surface area contributed by atoms with E-state index in [9.17, 15) is 9.18 Å². The van der Waals surface area contributed by atoms with Crippen LogP contribution in [0.2, 0.25) is 0 Å². The van der Waals surface area contributed by atoms with Crippen LogP contribution in [0.5, 0.6) is 0 Å². The highest BCUT2D eigenvalue weighted by molar-refractivity contribution is 5.83. The second-order valence-corrected chi connectivity index (χ2v) is 7.38. The van der Waals surface area contributed by atoms with Gasteiger partial charge in [-0.1, -0.05) is 0 Å². The zero-order valence-electron chi connectivity index (χ0n) is 12.1. The molecule has 4 aliphatic carbocycles. The van der Waals surface area contributed by atoms with Crippen LogP contribution in [-0.2, 0) is 4.79 Å². The van der Waals surface area contributed by atoms with Crippen molar-refractivity contribution in [3.63, 3.8) is 0 Å². The molecule has 4 saturated carbocycles. The molecule has 0 aliphatic heterocycles. The van der Waals surface area contributed by atoms with E-state index in [2.05, 4.69) is 5.32 Å². The van der Waals surface area contributed by atoms with E-state index in [-0.39, 0.29) is 11.3 Å². The Balaban J connectivity index is 1.50. The SMILES string of the molecule is O=C(NCCCC(F)CO)C12CC3CC(CC(C3)C1)C2. The summed E-state index contributed by atoms with van der Waals surface area (Å²) in [6.07, 6.45) is 7.04. The van der Waals surface area contributed by atoms with Crippen molar-refractivity contribution in [1.29, 1.82) is 0 Å². The number of halogens is 1. The molecule has 114 valence electrons. The van der Waals surface area contributed by atoms with Crippen LogP contribution >= 0.6 is 0 Å². The summed E-state index contributed by atoms with van der Waals surface area (Å²) in [5, 5.41) is 11.7. The van der Waals surface area contributed by atoms with Gasteiger partial charge in [-0.3, -0.25) is 4.79 Å². The van der Waals surface area contributed by atoms with Crippen LogP contribution in [0.4, 0.5) is 4.39 Å². The van der Waals surface area contributed by atoms with Gasteiger partial charge in [0.25, 0.3) is 0 Å². The summed E-state index contributed by atoms with van der Waals surface area (Å²) in [5.74, 6) is 2.54. The van der Waals surface area contributed by atoms with Gasteiger partial charge < -0.3 is 10.4 Å². The molecule has 1 unspecified atom stereocenters. The molecule has 0 aromatic carbocycles. The minimum Gasteiger partial charge on any atom is -0.393 e. The van der Waals surface area contributed by atoms with Gasteiger partial charge in [0.15, 0.2) is 0 Å². The Bertz CT molecular complexity index is 336. The van der Waals surface area contributed by atoms with E-state index in [0.717, 1.165) is 37.0 Å². The Labute approximate surface area is 120 Å². The van der Waals surface area contributed by atoms with Gasteiger partial charge in [-0.25, -0.2) is 4.39 Å². The molecule has 4 bridgehead atoms. The molecule has 4 rings (SSSR count). The van der Waals surface area contributed by atoms with E-state index in [1.54, 1.807) is 0 Å². The highest BCUT2D eigenvalue weighted by Crippen LogP contribution is 2.60. The Morgan fingerprint density at radius 2 is 1.75 bits per heavy atom. The monoisotopic (exact) mass is 283 g/mol. The summed E-state index contributed by atoms with van der Waals surface area (Å²) >= 11 is 0. The molecule has 4 aliphatic rings. The molecule has 3 nitrogen and oxygen atoms in total. The average molecular weight is 283 g/mol. The standard InChI is InChI=1S/C16H26FNO2/c17-14(10-19)2-1-3-18-15(20)16-7-11-4-12(8-16)6-13(5-11)9-16/h11-14,19H,1-10H2,(H,18,20). The maximum absolute atomic E-state index is 12.9. The van der Waals surface area contributed by atoms with E-state index >= 15 is 0 Å². The van der Waals surface area contributed by atoms with Crippen molar-refractivity contribution in [1.82, 2.24) is 5.32 Å². The third-order valence-electron chi connectivity index (χ3n) is 5.70. The molecular weight excluding hydrogens is 257 g/mol. The number of aliphatic hydroxyl groups excluding tert-OH is 1. The number of hydrogen-bond acceptors (Lipinski definition) is 2. The summed E-state index contributed by atoms with van der Waals surface area (Å²) in [7, 11) is 0. The van der Waals surface area contributed by atoms with Gasteiger partial charge in [0, 0.05) is 12.0 Å². The fourth-order valence-corrected chi connectivity index (χ4v) is 5.19. The van der Waals surface area contributed by atoms with Crippen molar-refractivity contribution in [3.8, 4) is 0 Å². The first-order chi connectivity index (χ1) is 9.61. The van der Waals surface area contributed by atoms with Gasteiger partial charge in [0.2, 0.25) is 5.91 Å². The van der Waals surface area contributed by atoms with Gasteiger partial charge in [-0.15, -0.1) is 0 Å². The first-order valence-corrected chi connectivity index (χ1v) is 8.14. The normalized spacial score (nSPS) is 39.8. The second-order valence-electron chi connectivity index (χ2n) is 7.38.